The summed E-state index contributed by atoms with van der Waals surface area (Å²) in [6, 6.07) is -0.876. The molecule has 0 spiro atoms. The first-order valence-corrected chi connectivity index (χ1v) is 6.34. The van der Waals surface area contributed by atoms with Crippen LogP contribution in [0.1, 0.15) is 53.9 Å². The molecule has 0 aliphatic heterocycles. The SMILES string of the molecule is CC(C)CCCC(NC(=O)OC(C)(C)C)C(=O)O. The highest BCUT2D eigenvalue weighted by Gasteiger charge is 2.23. The van der Waals surface area contributed by atoms with Crippen molar-refractivity contribution in [1.29, 1.82) is 0 Å². The molecule has 0 radical (unpaired) electrons. The zero-order valence-electron chi connectivity index (χ0n) is 11.9. The molecule has 2 N–H and O–H groups in total. The van der Waals surface area contributed by atoms with Gasteiger partial charge in [-0.05, 0) is 33.1 Å². The summed E-state index contributed by atoms with van der Waals surface area (Å²) in [6.45, 7) is 9.37. The fraction of sp³-hybridized carbons (Fsp3) is 0.846. The lowest BCUT2D eigenvalue weighted by Crippen LogP contribution is -2.43. The number of alkyl carbamates (subject to hydrolysis) is 1. The molecule has 0 fully saturated rings. The summed E-state index contributed by atoms with van der Waals surface area (Å²) >= 11 is 0. The third-order valence-electron chi connectivity index (χ3n) is 2.26. The van der Waals surface area contributed by atoms with E-state index in [-0.39, 0.29) is 0 Å². The van der Waals surface area contributed by atoms with Crippen molar-refractivity contribution < 1.29 is 19.4 Å². The van der Waals surface area contributed by atoms with E-state index in [9.17, 15) is 9.59 Å². The lowest BCUT2D eigenvalue weighted by Gasteiger charge is -2.22. The summed E-state index contributed by atoms with van der Waals surface area (Å²) in [5.74, 6) is -0.495. The number of hydrogen-bond donors (Lipinski definition) is 2. The van der Waals surface area contributed by atoms with Gasteiger partial charge in [0.05, 0.1) is 0 Å². The predicted molar refractivity (Wildman–Crippen MR) is 69.5 cm³/mol. The summed E-state index contributed by atoms with van der Waals surface area (Å²) in [5, 5.41) is 11.4. The van der Waals surface area contributed by atoms with Gasteiger partial charge in [0.2, 0.25) is 0 Å². The molecule has 106 valence electrons. The third kappa shape index (κ3) is 8.84. The van der Waals surface area contributed by atoms with Crippen LogP contribution in [-0.2, 0) is 9.53 Å². The second-order valence-electron chi connectivity index (χ2n) is 5.86. The Balaban J connectivity index is 4.19. The maximum absolute atomic E-state index is 11.5. The molecule has 0 aromatic heterocycles. The summed E-state index contributed by atoms with van der Waals surface area (Å²) < 4.78 is 5.03. The van der Waals surface area contributed by atoms with Crippen molar-refractivity contribution in [3.8, 4) is 0 Å². The molecule has 0 saturated heterocycles. The first kappa shape index (κ1) is 16.7. The lowest BCUT2D eigenvalue weighted by atomic mass is 10.0. The lowest BCUT2D eigenvalue weighted by molar-refractivity contribution is -0.139. The van der Waals surface area contributed by atoms with Crippen LogP contribution in [0.3, 0.4) is 0 Å². The van der Waals surface area contributed by atoms with Crippen LogP contribution < -0.4 is 5.32 Å². The zero-order valence-corrected chi connectivity index (χ0v) is 11.9. The molecule has 1 unspecified atom stereocenters. The van der Waals surface area contributed by atoms with Crippen LogP contribution in [0.5, 0.6) is 0 Å². The molecule has 0 rings (SSSR count). The number of carbonyl (C=O) groups excluding carboxylic acids is 1. The number of aliphatic carboxylic acids is 1. The van der Waals surface area contributed by atoms with E-state index < -0.39 is 23.7 Å². The smallest absolute Gasteiger partial charge is 0.408 e. The van der Waals surface area contributed by atoms with Crippen molar-refractivity contribution in [3.63, 3.8) is 0 Å². The minimum Gasteiger partial charge on any atom is -0.480 e. The van der Waals surface area contributed by atoms with E-state index in [0.29, 0.717) is 12.3 Å². The monoisotopic (exact) mass is 259 g/mol. The van der Waals surface area contributed by atoms with Gasteiger partial charge in [-0.25, -0.2) is 9.59 Å². The fourth-order valence-electron chi connectivity index (χ4n) is 1.44. The number of ether oxygens (including phenoxy) is 1. The maximum atomic E-state index is 11.5. The number of hydrogen-bond acceptors (Lipinski definition) is 3. The zero-order chi connectivity index (χ0) is 14.3. The van der Waals surface area contributed by atoms with E-state index in [4.69, 9.17) is 9.84 Å². The normalized spacial score (nSPS) is 13.2. The highest BCUT2D eigenvalue weighted by Crippen LogP contribution is 2.10. The van der Waals surface area contributed by atoms with Crippen LogP contribution in [0.15, 0.2) is 0 Å². The molecule has 18 heavy (non-hydrogen) atoms. The summed E-state index contributed by atoms with van der Waals surface area (Å²) in [7, 11) is 0. The largest absolute Gasteiger partial charge is 0.480 e. The van der Waals surface area contributed by atoms with E-state index in [0.717, 1.165) is 12.8 Å². The molecule has 0 heterocycles. The first-order valence-electron chi connectivity index (χ1n) is 6.34. The molecule has 0 aromatic rings. The number of carboxylic acids is 1. The minimum atomic E-state index is -1.02. The van der Waals surface area contributed by atoms with E-state index in [1.54, 1.807) is 20.8 Å². The molecular weight excluding hydrogens is 234 g/mol. The molecule has 0 saturated carbocycles. The Morgan fingerprint density at radius 1 is 1.22 bits per heavy atom. The Labute approximate surface area is 109 Å². The molecule has 5 heteroatoms. The van der Waals surface area contributed by atoms with Crippen LogP contribution in [0.25, 0.3) is 0 Å². The van der Waals surface area contributed by atoms with Gasteiger partial charge in [-0.2, -0.15) is 0 Å². The number of carbonyl (C=O) groups is 2. The second kappa shape index (κ2) is 7.24. The molecule has 0 bridgehead atoms. The molecule has 1 atom stereocenters. The summed E-state index contributed by atoms with van der Waals surface area (Å²) in [6.07, 6.45) is 1.45. The summed E-state index contributed by atoms with van der Waals surface area (Å²) in [5.41, 5.74) is -0.620. The van der Waals surface area contributed by atoms with Gasteiger partial charge < -0.3 is 15.2 Å². The predicted octanol–water partition coefficient (Wildman–Crippen LogP) is 2.79. The average Bonchev–Trinajstić information content (AvgIpc) is 2.12. The molecule has 0 aliphatic carbocycles. The van der Waals surface area contributed by atoms with Crippen molar-refractivity contribution in [2.75, 3.05) is 0 Å². The van der Waals surface area contributed by atoms with Crippen molar-refractivity contribution in [2.24, 2.45) is 5.92 Å². The Kier molecular flexibility index (Phi) is 6.73. The molecular formula is C13H25NO4. The van der Waals surface area contributed by atoms with Crippen LogP contribution >= 0.6 is 0 Å². The van der Waals surface area contributed by atoms with Crippen molar-refractivity contribution in [2.45, 2.75) is 65.5 Å². The average molecular weight is 259 g/mol. The van der Waals surface area contributed by atoms with Gasteiger partial charge >= 0.3 is 12.1 Å². The Morgan fingerprint density at radius 3 is 2.17 bits per heavy atom. The van der Waals surface area contributed by atoms with Crippen molar-refractivity contribution in [3.05, 3.63) is 0 Å². The highest BCUT2D eigenvalue weighted by molar-refractivity contribution is 5.79. The van der Waals surface area contributed by atoms with E-state index in [1.165, 1.54) is 0 Å². The number of amides is 1. The van der Waals surface area contributed by atoms with Gasteiger partial charge in [-0.15, -0.1) is 0 Å². The Hall–Kier alpha value is -1.26. The van der Waals surface area contributed by atoms with Gasteiger partial charge in [0, 0.05) is 0 Å². The van der Waals surface area contributed by atoms with Crippen molar-refractivity contribution in [1.82, 2.24) is 5.32 Å². The van der Waals surface area contributed by atoms with E-state index >= 15 is 0 Å². The fourth-order valence-corrected chi connectivity index (χ4v) is 1.44. The van der Waals surface area contributed by atoms with Gasteiger partial charge in [-0.1, -0.05) is 26.7 Å². The van der Waals surface area contributed by atoms with E-state index in [2.05, 4.69) is 19.2 Å². The van der Waals surface area contributed by atoms with E-state index in [1.807, 2.05) is 0 Å². The van der Waals surface area contributed by atoms with Gasteiger partial charge in [0.1, 0.15) is 11.6 Å². The molecule has 5 nitrogen and oxygen atoms in total. The van der Waals surface area contributed by atoms with Crippen LogP contribution in [0, 0.1) is 5.92 Å². The maximum Gasteiger partial charge on any atom is 0.408 e. The van der Waals surface area contributed by atoms with Gasteiger partial charge in [-0.3, -0.25) is 0 Å². The third-order valence-corrected chi connectivity index (χ3v) is 2.26. The van der Waals surface area contributed by atoms with Gasteiger partial charge in [0.15, 0.2) is 0 Å². The first-order chi connectivity index (χ1) is 8.11. The Morgan fingerprint density at radius 2 is 1.78 bits per heavy atom. The number of rotatable bonds is 6. The Bertz CT molecular complexity index is 281. The van der Waals surface area contributed by atoms with Crippen LogP contribution in [0.2, 0.25) is 0 Å². The molecule has 0 aliphatic rings. The van der Waals surface area contributed by atoms with Crippen molar-refractivity contribution >= 4 is 12.1 Å². The van der Waals surface area contributed by atoms with Crippen LogP contribution in [-0.4, -0.2) is 28.8 Å². The number of carboxylic acid groups (broad SMARTS) is 1. The minimum absolute atomic E-state index is 0.423. The van der Waals surface area contributed by atoms with Crippen LogP contribution in [0.4, 0.5) is 4.79 Å². The quantitative estimate of drug-likeness (QED) is 0.769. The molecule has 1 amide bonds. The standard InChI is InChI=1S/C13H25NO4/c1-9(2)7-6-8-10(11(15)16)14-12(17)18-13(3,4)5/h9-10H,6-8H2,1-5H3,(H,14,17)(H,15,16). The highest BCUT2D eigenvalue weighted by atomic mass is 16.6. The molecule has 0 aromatic carbocycles. The van der Waals surface area contributed by atoms with Gasteiger partial charge in [0.25, 0.3) is 0 Å². The number of nitrogens with one attached hydrogen (secondary N) is 1. The summed E-state index contributed by atoms with van der Waals surface area (Å²) in [4.78, 5) is 22.5. The second-order valence-corrected chi connectivity index (χ2v) is 5.86. The topological polar surface area (TPSA) is 75.6 Å².